The zero-order valence-electron chi connectivity index (χ0n) is 16.1. The third kappa shape index (κ3) is 5.88. The maximum absolute atomic E-state index is 13.0. The van der Waals surface area contributed by atoms with Crippen LogP contribution >= 0.6 is 11.3 Å². The molecular weight excluding hydrogens is 424 g/mol. The number of likely N-dealkylation sites (tertiary alicyclic amines) is 1. The molecule has 2 aliphatic rings. The van der Waals surface area contributed by atoms with E-state index < -0.39 is 12.1 Å². The minimum Gasteiger partial charge on any atom is -0.475 e. The summed E-state index contributed by atoms with van der Waals surface area (Å²) in [6.07, 6.45) is 1.11. The van der Waals surface area contributed by atoms with Crippen molar-refractivity contribution in [1.29, 1.82) is 0 Å². The Morgan fingerprint density at radius 3 is 2.50 bits per heavy atom. The summed E-state index contributed by atoms with van der Waals surface area (Å²) in [4.78, 5) is 23.5. The molecule has 0 amide bonds. The molecule has 4 rings (SSSR count). The van der Waals surface area contributed by atoms with Gasteiger partial charge in [0.25, 0.3) is 0 Å². The van der Waals surface area contributed by atoms with Crippen molar-refractivity contribution in [2.75, 3.05) is 31.1 Å². The second-order valence-electron chi connectivity index (χ2n) is 7.57. The second-order valence-corrected chi connectivity index (χ2v) is 8.60. The summed E-state index contributed by atoms with van der Waals surface area (Å²) in [5.41, 5.74) is 0.341. The van der Waals surface area contributed by atoms with Crippen LogP contribution in [0.15, 0.2) is 29.9 Å². The lowest BCUT2D eigenvalue weighted by Gasteiger charge is -2.40. The van der Waals surface area contributed by atoms with Crippen LogP contribution < -0.4 is 4.90 Å². The quantitative estimate of drug-likeness (QED) is 0.724. The van der Waals surface area contributed by atoms with Crippen molar-refractivity contribution >= 4 is 23.3 Å². The van der Waals surface area contributed by atoms with Crippen molar-refractivity contribution in [2.24, 2.45) is 5.41 Å². The lowest BCUT2D eigenvalue weighted by atomic mass is 9.79. The Kier molecular flexibility index (Phi) is 6.91. The highest BCUT2D eigenvalue weighted by Crippen LogP contribution is 2.40. The van der Waals surface area contributed by atoms with Gasteiger partial charge in [0.1, 0.15) is 0 Å². The fourth-order valence-electron chi connectivity index (χ4n) is 3.97. The molecule has 2 fully saturated rings. The van der Waals surface area contributed by atoms with Crippen molar-refractivity contribution in [3.63, 3.8) is 0 Å². The van der Waals surface area contributed by atoms with Crippen LogP contribution in [0.3, 0.4) is 0 Å². The summed E-state index contributed by atoms with van der Waals surface area (Å²) in [6.45, 7) is 5.32. The molecule has 1 spiro atoms. The number of rotatable bonds is 3. The predicted octanol–water partition coefficient (Wildman–Crippen LogP) is 3.80. The number of nitrogens with zero attached hydrogens (tertiary/aromatic N) is 4. The maximum Gasteiger partial charge on any atom is 0.490 e. The molecule has 1 atom stereocenters. The number of carboxylic acid groups (broad SMARTS) is 1. The Bertz CT molecular complexity index is 832. The van der Waals surface area contributed by atoms with E-state index in [1.807, 2.05) is 11.3 Å². The lowest BCUT2D eigenvalue weighted by molar-refractivity contribution is -0.192. The molecule has 1 unspecified atom stereocenters. The Morgan fingerprint density at radius 1 is 1.20 bits per heavy atom. The molecule has 4 heterocycles. The standard InChI is InChI=1S/C17H21FN4S.C2HF3O2/c18-14-9-19-16(20-10-14)22-6-2-4-17(13-22)5-7-21(12-17)11-15-3-1-8-23-15;3-2(4,5)1(6)7/h1,3,8-10H,2,4-7,11-13H2;(H,6,7). The number of aliphatic carboxylic acids is 1. The third-order valence-electron chi connectivity index (χ3n) is 5.27. The fraction of sp³-hybridized carbons (Fsp3) is 0.526. The molecule has 11 heteroatoms. The summed E-state index contributed by atoms with van der Waals surface area (Å²) in [7, 11) is 0. The van der Waals surface area contributed by atoms with E-state index in [2.05, 4.69) is 37.3 Å². The molecule has 2 aromatic rings. The zero-order chi connectivity index (χ0) is 21.8. The zero-order valence-corrected chi connectivity index (χ0v) is 16.9. The Hall–Kier alpha value is -2.27. The van der Waals surface area contributed by atoms with E-state index in [0.29, 0.717) is 11.4 Å². The highest BCUT2D eigenvalue weighted by atomic mass is 32.1. The smallest absolute Gasteiger partial charge is 0.475 e. The van der Waals surface area contributed by atoms with Crippen molar-refractivity contribution < 1.29 is 27.5 Å². The van der Waals surface area contributed by atoms with Crippen LogP contribution in [0.1, 0.15) is 24.1 Å². The summed E-state index contributed by atoms with van der Waals surface area (Å²) in [6, 6.07) is 4.34. The average molecular weight is 446 g/mol. The number of anilines is 1. The number of piperidine rings is 1. The largest absolute Gasteiger partial charge is 0.490 e. The van der Waals surface area contributed by atoms with Crippen LogP contribution in [-0.4, -0.2) is 58.3 Å². The highest BCUT2D eigenvalue weighted by molar-refractivity contribution is 7.09. The average Bonchev–Trinajstić information content (AvgIpc) is 3.33. The van der Waals surface area contributed by atoms with Crippen LogP contribution in [0.2, 0.25) is 0 Å². The third-order valence-corrected chi connectivity index (χ3v) is 6.13. The van der Waals surface area contributed by atoms with E-state index in [-0.39, 0.29) is 5.82 Å². The van der Waals surface area contributed by atoms with Gasteiger partial charge in [0.2, 0.25) is 5.95 Å². The molecule has 0 saturated carbocycles. The molecule has 30 heavy (non-hydrogen) atoms. The van der Waals surface area contributed by atoms with Gasteiger partial charge >= 0.3 is 12.1 Å². The summed E-state index contributed by atoms with van der Waals surface area (Å²) in [5, 5.41) is 9.27. The number of hydrogen-bond donors (Lipinski definition) is 1. The van der Waals surface area contributed by atoms with Crippen molar-refractivity contribution in [1.82, 2.24) is 14.9 Å². The van der Waals surface area contributed by atoms with Crippen molar-refractivity contribution in [2.45, 2.75) is 32.0 Å². The first-order valence-corrected chi connectivity index (χ1v) is 10.3. The van der Waals surface area contributed by atoms with E-state index >= 15 is 0 Å². The maximum atomic E-state index is 13.0. The van der Waals surface area contributed by atoms with Gasteiger partial charge in [0, 0.05) is 36.5 Å². The SMILES string of the molecule is Fc1cnc(N2CCCC3(CCN(Cc4cccs4)C3)C2)nc1.O=C(O)C(F)(F)F. The topological polar surface area (TPSA) is 69.6 Å². The van der Waals surface area contributed by atoms with E-state index in [4.69, 9.17) is 9.90 Å². The van der Waals surface area contributed by atoms with Gasteiger partial charge < -0.3 is 10.0 Å². The van der Waals surface area contributed by atoms with Crippen LogP contribution in [-0.2, 0) is 11.3 Å². The summed E-state index contributed by atoms with van der Waals surface area (Å²) < 4.78 is 44.8. The van der Waals surface area contributed by atoms with Crippen LogP contribution in [0, 0.1) is 11.2 Å². The molecule has 2 saturated heterocycles. The fourth-order valence-corrected chi connectivity index (χ4v) is 4.71. The number of aromatic nitrogens is 2. The minimum atomic E-state index is -5.08. The van der Waals surface area contributed by atoms with Gasteiger partial charge in [0.15, 0.2) is 5.82 Å². The molecule has 6 nitrogen and oxygen atoms in total. The number of carboxylic acids is 1. The molecule has 0 aliphatic carbocycles. The predicted molar refractivity (Wildman–Crippen MR) is 104 cm³/mol. The van der Waals surface area contributed by atoms with Crippen molar-refractivity contribution in [3.8, 4) is 0 Å². The monoisotopic (exact) mass is 446 g/mol. The normalized spacial score (nSPS) is 22.1. The van der Waals surface area contributed by atoms with Gasteiger partial charge in [-0.25, -0.2) is 19.2 Å². The molecule has 164 valence electrons. The van der Waals surface area contributed by atoms with E-state index in [1.54, 1.807) is 0 Å². The van der Waals surface area contributed by atoms with Gasteiger partial charge in [0.05, 0.1) is 12.4 Å². The molecule has 1 N–H and O–H groups in total. The second kappa shape index (κ2) is 9.25. The lowest BCUT2D eigenvalue weighted by Crippen LogP contribution is -2.45. The molecule has 0 bridgehead atoms. The highest BCUT2D eigenvalue weighted by Gasteiger charge is 2.42. The Morgan fingerprint density at radius 2 is 1.90 bits per heavy atom. The van der Waals surface area contributed by atoms with E-state index in [9.17, 15) is 17.6 Å². The first-order chi connectivity index (χ1) is 14.2. The number of alkyl halides is 3. The van der Waals surface area contributed by atoms with Gasteiger partial charge in [-0.2, -0.15) is 13.2 Å². The van der Waals surface area contributed by atoms with E-state index in [1.165, 1.54) is 30.1 Å². The number of carbonyl (C=O) groups is 1. The first-order valence-electron chi connectivity index (χ1n) is 9.44. The summed E-state index contributed by atoms with van der Waals surface area (Å²) in [5.74, 6) is -2.46. The molecule has 2 aromatic heterocycles. The molecule has 0 radical (unpaired) electrons. The van der Waals surface area contributed by atoms with Gasteiger partial charge in [-0.3, -0.25) is 4.90 Å². The molecular formula is C19H22F4N4O2S. The first kappa shape index (κ1) is 22.4. The summed E-state index contributed by atoms with van der Waals surface area (Å²) >= 11 is 1.84. The number of halogens is 4. The van der Waals surface area contributed by atoms with Crippen LogP contribution in [0.5, 0.6) is 0 Å². The van der Waals surface area contributed by atoms with Gasteiger partial charge in [-0.15, -0.1) is 11.3 Å². The van der Waals surface area contributed by atoms with Crippen molar-refractivity contribution in [3.05, 3.63) is 40.6 Å². The Labute approximate surface area is 175 Å². The van der Waals surface area contributed by atoms with Gasteiger partial charge in [-0.1, -0.05) is 6.07 Å². The van der Waals surface area contributed by atoms with Gasteiger partial charge in [-0.05, 0) is 37.3 Å². The molecule has 2 aliphatic heterocycles. The van der Waals surface area contributed by atoms with E-state index in [0.717, 1.165) is 39.1 Å². The van der Waals surface area contributed by atoms with Crippen LogP contribution in [0.25, 0.3) is 0 Å². The number of hydrogen-bond acceptors (Lipinski definition) is 6. The Balaban J connectivity index is 0.000000318. The minimum absolute atomic E-state index is 0.341. The number of thiophene rings is 1. The molecule has 0 aromatic carbocycles. The van der Waals surface area contributed by atoms with Crippen LogP contribution in [0.4, 0.5) is 23.5 Å².